The minimum Gasteiger partial charge on any atom is -0.481 e. The van der Waals surface area contributed by atoms with E-state index >= 15 is 0 Å². The Morgan fingerprint density at radius 2 is 1.42 bits per heavy atom. The van der Waals surface area contributed by atoms with Crippen molar-refractivity contribution < 1.29 is 63.8 Å². The van der Waals surface area contributed by atoms with Gasteiger partial charge in [0.2, 0.25) is 5.60 Å². The molecular weight excluding hydrogens is 364 g/mol. The minimum absolute atomic E-state index is 0.930. The molecule has 146 valence electrons. The number of rotatable bonds is 10. The van der Waals surface area contributed by atoms with Crippen LogP contribution in [0.25, 0.3) is 0 Å². The van der Waals surface area contributed by atoms with Gasteiger partial charge in [-0.05, 0) is 6.92 Å². The highest BCUT2D eigenvalue weighted by atomic mass is 16.6. The van der Waals surface area contributed by atoms with Crippen LogP contribution in [0.4, 0.5) is 0 Å². The van der Waals surface area contributed by atoms with Crippen molar-refractivity contribution in [2.24, 2.45) is 0 Å². The molecule has 0 bridgehead atoms. The molecule has 3 atom stereocenters. The van der Waals surface area contributed by atoms with E-state index < -0.39 is 72.9 Å². The Hall–Kier alpha value is -3.06. The molecule has 0 aromatic carbocycles. The van der Waals surface area contributed by atoms with Gasteiger partial charge in [-0.1, -0.05) is 0 Å². The van der Waals surface area contributed by atoms with E-state index in [-0.39, 0.29) is 0 Å². The number of hydrogen-bond acceptors (Lipinski definition) is 10. The molecule has 0 saturated heterocycles. The first kappa shape index (κ1) is 22.9. The third kappa shape index (κ3) is 7.23. The molecule has 26 heavy (non-hydrogen) atoms. The van der Waals surface area contributed by atoms with Crippen LogP contribution in [0.15, 0.2) is 0 Å². The third-order valence-corrected chi connectivity index (χ3v) is 2.75. The quantitative estimate of drug-likeness (QED) is 0.195. The first-order valence-electron chi connectivity index (χ1n) is 6.81. The number of carbonyl (C=O) groups is 6. The van der Waals surface area contributed by atoms with E-state index in [1.807, 2.05) is 0 Å². The molecule has 0 fully saturated rings. The predicted octanol–water partition coefficient (Wildman–Crippen LogP) is -2.50. The summed E-state index contributed by atoms with van der Waals surface area (Å²) in [5, 5.41) is 44.7. The second kappa shape index (κ2) is 9.43. The summed E-state index contributed by atoms with van der Waals surface area (Å²) in [4.78, 5) is 67.1. The number of esters is 3. The highest BCUT2D eigenvalue weighted by Gasteiger charge is 2.49. The maximum Gasteiger partial charge on any atom is 0.349 e. The van der Waals surface area contributed by atoms with Crippen LogP contribution in [-0.4, -0.2) is 79.2 Å². The first-order valence-corrected chi connectivity index (χ1v) is 6.81. The van der Waals surface area contributed by atoms with Gasteiger partial charge in [-0.25, -0.2) is 14.4 Å². The summed E-state index contributed by atoms with van der Waals surface area (Å²) in [6.45, 7) is 0.930. The lowest BCUT2D eigenvalue weighted by molar-refractivity contribution is -0.193. The van der Waals surface area contributed by atoms with Crippen molar-refractivity contribution >= 4 is 35.8 Å². The Kier molecular flexibility index (Phi) is 8.32. The number of aliphatic hydroxyl groups excluding tert-OH is 2. The SMILES string of the molecule is CC(O)C(=O)OC(=O)CC(CC(=O)O)(OC(=O)C(O)CC(=O)O)C(=O)O. The van der Waals surface area contributed by atoms with E-state index in [0.717, 1.165) is 6.92 Å². The van der Waals surface area contributed by atoms with Gasteiger partial charge in [0.05, 0.1) is 19.3 Å². The van der Waals surface area contributed by atoms with Crippen molar-refractivity contribution in [2.75, 3.05) is 0 Å². The molecule has 0 aliphatic rings. The van der Waals surface area contributed by atoms with Crippen molar-refractivity contribution in [3.63, 3.8) is 0 Å². The van der Waals surface area contributed by atoms with Gasteiger partial charge in [0, 0.05) is 0 Å². The van der Waals surface area contributed by atoms with Crippen molar-refractivity contribution in [1.82, 2.24) is 0 Å². The monoisotopic (exact) mass is 380 g/mol. The summed E-state index contributed by atoms with van der Waals surface area (Å²) in [5.41, 5.74) is -3.08. The molecule has 0 saturated carbocycles. The maximum absolute atomic E-state index is 11.6. The molecule has 13 heteroatoms. The maximum atomic E-state index is 11.6. The van der Waals surface area contributed by atoms with Crippen LogP contribution in [0.2, 0.25) is 0 Å². The molecule has 0 spiro atoms. The highest BCUT2D eigenvalue weighted by molar-refractivity contribution is 5.95. The molecule has 3 unspecified atom stereocenters. The van der Waals surface area contributed by atoms with Gasteiger partial charge in [0.1, 0.15) is 6.10 Å². The van der Waals surface area contributed by atoms with Crippen LogP contribution in [0.5, 0.6) is 0 Å². The second-order valence-electron chi connectivity index (χ2n) is 5.05. The Labute approximate surface area is 144 Å². The van der Waals surface area contributed by atoms with E-state index in [1.54, 1.807) is 0 Å². The molecule has 0 aliphatic heterocycles. The number of carboxylic acids is 3. The van der Waals surface area contributed by atoms with Gasteiger partial charge in [-0.3, -0.25) is 14.4 Å². The molecule has 5 N–H and O–H groups in total. The molecule has 0 heterocycles. The van der Waals surface area contributed by atoms with Crippen LogP contribution in [0.1, 0.15) is 26.2 Å². The largest absolute Gasteiger partial charge is 0.481 e. The van der Waals surface area contributed by atoms with Gasteiger partial charge < -0.3 is 35.0 Å². The smallest absolute Gasteiger partial charge is 0.349 e. The Morgan fingerprint density at radius 1 is 0.885 bits per heavy atom. The summed E-state index contributed by atoms with van der Waals surface area (Å²) < 4.78 is 8.45. The van der Waals surface area contributed by atoms with Crippen molar-refractivity contribution in [3.8, 4) is 0 Å². The number of hydrogen-bond donors (Lipinski definition) is 5. The van der Waals surface area contributed by atoms with E-state index in [0.29, 0.717) is 0 Å². The summed E-state index contributed by atoms with van der Waals surface area (Å²) in [7, 11) is 0. The van der Waals surface area contributed by atoms with Gasteiger partial charge >= 0.3 is 35.8 Å². The molecule has 0 aromatic heterocycles. The van der Waals surface area contributed by atoms with Gasteiger partial charge in [0.15, 0.2) is 6.10 Å². The summed E-state index contributed by atoms with van der Waals surface area (Å²) in [6.07, 6.45) is -8.19. The van der Waals surface area contributed by atoms with E-state index in [2.05, 4.69) is 9.47 Å². The fraction of sp³-hybridized carbons (Fsp3) is 0.538. The van der Waals surface area contributed by atoms with Crippen molar-refractivity contribution in [1.29, 1.82) is 0 Å². The zero-order valence-corrected chi connectivity index (χ0v) is 13.3. The summed E-state index contributed by atoms with van der Waals surface area (Å²) in [5.74, 6) is -10.5. The highest BCUT2D eigenvalue weighted by Crippen LogP contribution is 2.24. The Bertz CT molecular complexity index is 607. The number of aliphatic hydroxyl groups is 2. The fourth-order valence-electron chi connectivity index (χ4n) is 1.55. The van der Waals surface area contributed by atoms with Crippen LogP contribution in [0.3, 0.4) is 0 Å². The first-order chi connectivity index (χ1) is 11.8. The molecule has 0 rings (SSSR count). The zero-order chi connectivity index (χ0) is 20.7. The molecular formula is C13H16O13. The average molecular weight is 380 g/mol. The number of ether oxygens (including phenoxy) is 2. The van der Waals surface area contributed by atoms with Crippen LogP contribution < -0.4 is 0 Å². The van der Waals surface area contributed by atoms with Crippen molar-refractivity contribution in [2.45, 2.75) is 44.0 Å². The second-order valence-corrected chi connectivity index (χ2v) is 5.05. The van der Waals surface area contributed by atoms with Crippen LogP contribution in [-0.2, 0) is 38.2 Å². The standard InChI is InChI=1S/C13H16O13/c1-5(14)10(21)25-9(20)4-13(12(23)24,3-8(18)19)26-11(22)6(15)2-7(16)17/h5-6,14-15H,2-4H2,1H3,(H,16,17)(H,18,19)(H,23,24). The Morgan fingerprint density at radius 3 is 1.81 bits per heavy atom. The van der Waals surface area contributed by atoms with E-state index in [1.165, 1.54) is 0 Å². The predicted molar refractivity (Wildman–Crippen MR) is 74.4 cm³/mol. The van der Waals surface area contributed by atoms with Gasteiger partial charge in [-0.2, -0.15) is 0 Å². The lowest BCUT2D eigenvalue weighted by atomic mass is 9.95. The van der Waals surface area contributed by atoms with Gasteiger partial charge in [-0.15, -0.1) is 0 Å². The Balaban J connectivity index is 5.54. The number of aliphatic carboxylic acids is 3. The van der Waals surface area contributed by atoms with E-state index in [4.69, 9.17) is 15.3 Å². The van der Waals surface area contributed by atoms with E-state index in [9.17, 15) is 39.0 Å². The zero-order valence-electron chi connectivity index (χ0n) is 13.3. The normalized spacial score (nSPS) is 15.0. The summed E-state index contributed by atoms with van der Waals surface area (Å²) in [6, 6.07) is 0. The molecule has 0 aromatic rings. The molecule has 0 amide bonds. The lowest BCUT2D eigenvalue weighted by Crippen LogP contribution is -2.49. The average Bonchev–Trinajstić information content (AvgIpc) is 2.44. The molecule has 0 aliphatic carbocycles. The van der Waals surface area contributed by atoms with Crippen LogP contribution in [0, 0.1) is 0 Å². The third-order valence-electron chi connectivity index (χ3n) is 2.75. The lowest BCUT2D eigenvalue weighted by Gasteiger charge is -2.27. The number of carboxylic acid groups (broad SMARTS) is 3. The molecule has 13 nitrogen and oxygen atoms in total. The topological polar surface area (TPSA) is 222 Å². The van der Waals surface area contributed by atoms with Crippen LogP contribution >= 0.6 is 0 Å². The van der Waals surface area contributed by atoms with Crippen molar-refractivity contribution in [3.05, 3.63) is 0 Å². The minimum atomic E-state index is -3.08. The number of carbonyl (C=O) groups excluding carboxylic acids is 3. The molecule has 0 radical (unpaired) electrons. The summed E-state index contributed by atoms with van der Waals surface area (Å²) >= 11 is 0. The fourth-order valence-corrected chi connectivity index (χ4v) is 1.55. The van der Waals surface area contributed by atoms with Gasteiger partial charge in [0.25, 0.3) is 0 Å².